The number of carboxylic acid groups (broad SMARTS) is 1. The number of carbonyl (C=O) groups is 1. The van der Waals surface area contributed by atoms with E-state index >= 15 is 0 Å². The van der Waals surface area contributed by atoms with Crippen LogP contribution in [0.15, 0.2) is 0 Å². The van der Waals surface area contributed by atoms with Gasteiger partial charge < -0.3 is 5.11 Å². The van der Waals surface area contributed by atoms with Gasteiger partial charge in [-0.3, -0.25) is 4.79 Å². The molecule has 78 valence electrons. The smallest absolute Gasteiger partial charge is 0.303 e. The number of nitrogens with zero attached hydrogens (tertiary/aromatic N) is 1. The van der Waals surface area contributed by atoms with E-state index in [1.165, 1.54) is 0 Å². The summed E-state index contributed by atoms with van der Waals surface area (Å²) in [6.45, 7) is 1.98. The van der Waals surface area contributed by atoms with Gasteiger partial charge in [-0.15, -0.1) is 11.8 Å². The molecule has 0 saturated heterocycles. The molecule has 1 aliphatic carbocycles. The molecule has 0 spiro atoms. The first-order chi connectivity index (χ1) is 6.62. The summed E-state index contributed by atoms with van der Waals surface area (Å²) < 4.78 is 0. The van der Waals surface area contributed by atoms with Crippen LogP contribution in [0.4, 0.5) is 0 Å². The quantitative estimate of drug-likeness (QED) is 0.735. The highest BCUT2D eigenvalue weighted by atomic mass is 32.2. The Morgan fingerprint density at radius 3 is 2.71 bits per heavy atom. The van der Waals surface area contributed by atoms with Crippen LogP contribution in [0.3, 0.4) is 0 Å². The Kier molecular flexibility index (Phi) is 3.82. The Hall–Kier alpha value is -0.690. The summed E-state index contributed by atoms with van der Waals surface area (Å²) in [7, 11) is 0. The van der Waals surface area contributed by atoms with Gasteiger partial charge in [0.05, 0.1) is 17.7 Å². The first-order valence-corrected chi connectivity index (χ1v) is 5.90. The van der Waals surface area contributed by atoms with Crippen LogP contribution in [-0.2, 0) is 4.79 Å². The molecule has 1 unspecified atom stereocenters. The minimum atomic E-state index is -0.715. The zero-order valence-electron chi connectivity index (χ0n) is 8.32. The lowest BCUT2D eigenvalue weighted by Gasteiger charge is -2.13. The van der Waals surface area contributed by atoms with Gasteiger partial charge in [-0.1, -0.05) is 6.92 Å². The summed E-state index contributed by atoms with van der Waals surface area (Å²) in [6, 6.07) is 2.22. The van der Waals surface area contributed by atoms with Gasteiger partial charge in [0.2, 0.25) is 0 Å². The zero-order chi connectivity index (χ0) is 10.6. The molecule has 1 N–H and O–H groups in total. The summed E-state index contributed by atoms with van der Waals surface area (Å²) in [6.07, 6.45) is 3.12. The van der Waals surface area contributed by atoms with Crippen molar-refractivity contribution in [3.8, 4) is 6.07 Å². The Morgan fingerprint density at radius 2 is 2.36 bits per heavy atom. The highest BCUT2D eigenvalue weighted by Crippen LogP contribution is 2.51. The van der Waals surface area contributed by atoms with Crippen LogP contribution >= 0.6 is 11.8 Å². The third kappa shape index (κ3) is 3.22. The molecule has 1 fully saturated rings. The Labute approximate surface area is 88.5 Å². The SMILES string of the molecule is CCC(C#N)SCC1(CC(=O)O)CC1. The molecule has 1 saturated carbocycles. The molecule has 0 aromatic heterocycles. The third-order valence-electron chi connectivity index (χ3n) is 2.59. The number of thioether (sulfide) groups is 1. The predicted molar refractivity (Wildman–Crippen MR) is 56.1 cm³/mol. The van der Waals surface area contributed by atoms with Crippen molar-refractivity contribution in [1.29, 1.82) is 5.26 Å². The Balaban J connectivity index is 2.30. The van der Waals surface area contributed by atoms with E-state index in [0.29, 0.717) is 0 Å². The van der Waals surface area contributed by atoms with Crippen LogP contribution in [0.2, 0.25) is 0 Å². The summed E-state index contributed by atoms with van der Waals surface area (Å²) in [4.78, 5) is 10.6. The zero-order valence-corrected chi connectivity index (χ0v) is 9.14. The first-order valence-electron chi connectivity index (χ1n) is 4.85. The van der Waals surface area contributed by atoms with Crippen LogP contribution in [0.25, 0.3) is 0 Å². The molecule has 1 aliphatic rings. The van der Waals surface area contributed by atoms with Crippen molar-refractivity contribution in [3.63, 3.8) is 0 Å². The standard InChI is InChI=1S/C10H15NO2S/c1-2-8(6-11)14-7-10(3-4-10)5-9(12)13/h8H,2-5,7H2,1H3,(H,12,13). The van der Waals surface area contributed by atoms with Gasteiger partial charge in [0, 0.05) is 5.75 Å². The van der Waals surface area contributed by atoms with Crippen molar-refractivity contribution in [2.75, 3.05) is 5.75 Å². The van der Waals surface area contributed by atoms with Gasteiger partial charge in [0.25, 0.3) is 0 Å². The average molecular weight is 213 g/mol. The van der Waals surface area contributed by atoms with Gasteiger partial charge >= 0.3 is 5.97 Å². The van der Waals surface area contributed by atoms with E-state index in [1.54, 1.807) is 11.8 Å². The molecule has 4 heteroatoms. The Morgan fingerprint density at radius 1 is 1.71 bits per heavy atom. The molecule has 0 heterocycles. The molecule has 0 amide bonds. The fourth-order valence-corrected chi connectivity index (χ4v) is 2.65. The van der Waals surface area contributed by atoms with E-state index in [4.69, 9.17) is 10.4 Å². The lowest BCUT2D eigenvalue weighted by molar-refractivity contribution is -0.138. The van der Waals surface area contributed by atoms with Gasteiger partial charge in [0.1, 0.15) is 0 Å². The minimum Gasteiger partial charge on any atom is -0.481 e. The lowest BCUT2D eigenvalue weighted by Crippen LogP contribution is -2.13. The van der Waals surface area contributed by atoms with Crippen LogP contribution in [0.5, 0.6) is 0 Å². The monoisotopic (exact) mass is 213 g/mol. The van der Waals surface area contributed by atoms with Crippen LogP contribution in [0.1, 0.15) is 32.6 Å². The van der Waals surface area contributed by atoms with Crippen molar-refractivity contribution in [2.45, 2.75) is 37.9 Å². The van der Waals surface area contributed by atoms with E-state index in [9.17, 15) is 4.79 Å². The highest BCUT2D eigenvalue weighted by molar-refractivity contribution is 8.00. The summed E-state index contributed by atoms with van der Waals surface area (Å²) in [5.41, 5.74) is 0.0147. The molecule has 14 heavy (non-hydrogen) atoms. The molecular formula is C10H15NO2S. The van der Waals surface area contributed by atoms with E-state index in [1.807, 2.05) is 6.92 Å². The van der Waals surface area contributed by atoms with Crippen molar-refractivity contribution >= 4 is 17.7 Å². The van der Waals surface area contributed by atoms with Crippen molar-refractivity contribution in [2.24, 2.45) is 5.41 Å². The van der Waals surface area contributed by atoms with Crippen molar-refractivity contribution in [3.05, 3.63) is 0 Å². The summed E-state index contributed by atoms with van der Waals surface area (Å²) in [5, 5.41) is 17.5. The molecule has 0 radical (unpaired) electrons. The summed E-state index contributed by atoms with van der Waals surface area (Å²) >= 11 is 1.61. The van der Waals surface area contributed by atoms with Crippen LogP contribution in [-0.4, -0.2) is 22.1 Å². The van der Waals surface area contributed by atoms with Crippen LogP contribution < -0.4 is 0 Å². The predicted octanol–water partition coefficient (Wildman–Crippen LogP) is 2.28. The lowest BCUT2D eigenvalue weighted by atomic mass is 10.1. The van der Waals surface area contributed by atoms with Gasteiger partial charge in [0.15, 0.2) is 0 Å². The molecular weight excluding hydrogens is 198 g/mol. The second-order valence-electron chi connectivity index (χ2n) is 3.91. The number of rotatable bonds is 6. The Bertz CT molecular complexity index is 255. The topological polar surface area (TPSA) is 61.1 Å². The maximum atomic E-state index is 10.6. The van der Waals surface area contributed by atoms with E-state index in [0.717, 1.165) is 25.0 Å². The molecule has 1 atom stereocenters. The number of aliphatic carboxylic acids is 1. The molecule has 0 aliphatic heterocycles. The average Bonchev–Trinajstić information content (AvgIpc) is 2.86. The van der Waals surface area contributed by atoms with E-state index < -0.39 is 5.97 Å². The number of hydrogen-bond acceptors (Lipinski definition) is 3. The number of hydrogen-bond donors (Lipinski definition) is 1. The fourth-order valence-electron chi connectivity index (χ4n) is 1.39. The fraction of sp³-hybridized carbons (Fsp3) is 0.800. The van der Waals surface area contributed by atoms with E-state index in [2.05, 4.69) is 6.07 Å². The minimum absolute atomic E-state index is 0.0147. The van der Waals surface area contributed by atoms with Gasteiger partial charge in [-0.2, -0.15) is 5.26 Å². The molecule has 1 rings (SSSR count). The highest BCUT2D eigenvalue weighted by Gasteiger charge is 2.44. The number of carboxylic acids is 1. The van der Waals surface area contributed by atoms with Crippen LogP contribution in [0, 0.1) is 16.7 Å². The molecule has 0 aromatic carbocycles. The molecule has 0 aromatic rings. The summed E-state index contributed by atoms with van der Waals surface area (Å²) in [5.74, 6) is 0.110. The largest absolute Gasteiger partial charge is 0.481 e. The second kappa shape index (κ2) is 4.70. The normalized spacial score (nSPS) is 19.7. The number of nitriles is 1. The van der Waals surface area contributed by atoms with Crippen molar-refractivity contribution in [1.82, 2.24) is 0 Å². The van der Waals surface area contributed by atoms with E-state index in [-0.39, 0.29) is 17.1 Å². The van der Waals surface area contributed by atoms with Gasteiger partial charge in [-0.25, -0.2) is 0 Å². The molecule has 3 nitrogen and oxygen atoms in total. The molecule has 0 bridgehead atoms. The maximum Gasteiger partial charge on any atom is 0.303 e. The van der Waals surface area contributed by atoms with Crippen molar-refractivity contribution < 1.29 is 9.90 Å². The maximum absolute atomic E-state index is 10.6. The third-order valence-corrected chi connectivity index (χ3v) is 4.21. The first kappa shape index (κ1) is 11.4. The van der Waals surface area contributed by atoms with Gasteiger partial charge in [-0.05, 0) is 24.7 Å². The second-order valence-corrected chi connectivity index (χ2v) is 5.10.